The van der Waals surface area contributed by atoms with Crippen LogP contribution < -0.4 is 5.56 Å². The van der Waals surface area contributed by atoms with Gasteiger partial charge in [-0.05, 0) is 29.7 Å². The Kier molecular flexibility index (Phi) is 5.22. The molecule has 2 aromatic heterocycles. The number of halogens is 2. The van der Waals surface area contributed by atoms with Crippen LogP contribution in [0.25, 0.3) is 21.7 Å². The zero-order valence-corrected chi connectivity index (χ0v) is 17.9. The molecular formula is C24H22F2N4O3. The Bertz CT molecular complexity index is 1410. The predicted molar refractivity (Wildman–Crippen MR) is 120 cm³/mol. The second kappa shape index (κ2) is 8.09. The number of H-pyrrole nitrogens is 2. The van der Waals surface area contributed by atoms with E-state index in [0.717, 1.165) is 23.0 Å². The Morgan fingerprint density at radius 2 is 1.88 bits per heavy atom. The molecule has 0 aliphatic carbocycles. The predicted octanol–water partition coefficient (Wildman–Crippen LogP) is 2.91. The summed E-state index contributed by atoms with van der Waals surface area (Å²) in [6.07, 6.45) is 0. The molecule has 0 fully saturated rings. The molecule has 1 aliphatic rings. The third-order valence-corrected chi connectivity index (χ3v) is 6.30. The average molecular weight is 452 g/mol. The van der Waals surface area contributed by atoms with Crippen molar-refractivity contribution in [2.45, 2.75) is 12.6 Å². The summed E-state index contributed by atoms with van der Waals surface area (Å²) in [6.45, 7) is 0.906. The van der Waals surface area contributed by atoms with E-state index in [0.29, 0.717) is 36.6 Å². The minimum atomic E-state index is -1.11. The van der Waals surface area contributed by atoms with Crippen molar-refractivity contribution in [1.29, 1.82) is 0 Å². The molecule has 3 N–H and O–H groups in total. The number of nitrogens with one attached hydrogen (secondary N) is 2. The van der Waals surface area contributed by atoms with Gasteiger partial charge >= 0.3 is 0 Å². The lowest BCUT2D eigenvalue weighted by atomic mass is 9.92. The second-order valence-electron chi connectivity index (χ2n) is 8.32. The lowest BCUT2D eigenvalue weighted by Crippen LogP contribution is -2.45. The fourth-order valence-electron chi connectivity index (χ4n) is 4.67. The van der Waals surface area contributed by atoms with Crippen molar-refractivity contribution in [3.8, 4) is 0 Å². The van der Waals surface area contributed by atoms with E-state index in [2.05, 4.69) is 9.97 Å². The summed E-state index contributed by atoms with van der Waals surface area (Å²) >= 11 is 0. The number of aliphatic hydroxyl groups is 1. The van der Waals surface area contributed by atoms with Crippen LogP contribution in [0.5, 0.6) is 0 Å². The highest BCUT2D eigenvalue weighted by Gasteiger charge is 2.34. The zero-order valence-electron chi connectivity index (χ0n) is 17.9. The van der Waals surface area contributed by atoms with Crippen molar-refractivity contribution in [3.63, 3.8) is 0 Å². The van der Waals surface area contributed by atoms with E-state index in [1.54, 1.807) is 13.1 Å². The van der Waals surface area contributed by atoms with E-state index >= 15 is 0 Å². The Morgan fingerprint density at radius 1 is 1.15 bits per heavy atom. The van der Waals surface area contributed by atoms with Crippen LogP contribution in [0.2, 0.25) is 0 Å². The van der Waals surface area contributed by atoms with Crippen molar-refractivity contribution >= 4 is 27.6 Å². The highest BCUT2D eigenvalue weighted by molar-refractivity contribution is 5.98. The molecule has 3 heterocycles. The first-order valence-corrected chi connectivity index (χ1v) is 10.6. The summed E-state index contributed by atoms with van der Waals surface area (Å²) in [5, 5.41) is 10.7. The van der Waals surface area contributed by atoms with Gasteiger partial charge in [0.1, 0.15) is 5.69 Å². The average Bonchev–Trinajstić information content (AvgIpc) is 3.23. The maximum atomic E-state index is 14.2. The van der Waals surface area contributed by atoms with Crippen molar-refractivity contribution < 1.29 is 18.7 Å². The molecule has 33 heavy (non-hydrogen) atoms. The molecule has 170 valence electrons. The van der Waals surface area contributed by atoms with E-state index in [1.165, 1.54) is 4.90 Å². The number of aliphatic hydroxyl groups excluding tert-OH is 1. The van der Waals surface area contributed by atoms with Gasteiger partial charge in [0.05, 0.1) is 18.0 Å². The molecule has 9 heteroatoms. The number of para-hydroxylation sites is 1. The summed E-state index contributed by atoms with van der Waals surface area (Å²) in [7, 11) is 1.64. The monoisotopic (exact) mass is 452 g/mol. The van der Waals surface area contributed by atoms with Crippen LogP contribution in [0.3, 0.4) is 0 Å². The van der Waals surface area contributed by atoms with Gasteiger partial charge in [0.2, 0.25) is 0 Å². The van der Waals surface area contributed by atoms with E-state index in [4.69, 9.17) is 0 Å². The molecule has 4 aromatic rings. The summed E-state index contributed by atoms with van der Waals surface area (Å²) in [5.41, 5.74) is 1.78. The number of carbonyl (C=O) groups is 1. The largest absolute Gasteiger partial charge is 0.395 e. The lowest BCUT2D eigenvalue weighted by Gasteiger charge is -2.39. The number of hydrogen-bond acceptors (Lipinski definition) is 4. The molecule has 7 nitrogen and oxygen atoms in total. The summed E-state index contributed by atoms with van der Waals surface area (Å²) < 4.78 is 28.1. The number of carbonyl (C=O) groups excluding carboxylic acids is 1. The molecule has 5 rings (SSSR count). The number of β-amino-alcohol motifs (C(OH)–C–C–N with tert-alkyl or cyclic N) is 1. The van der Waals surface area contributed by atoms with Crippen molar-refractivity contribution in [3.05, 3.63) is 81.4 Å². The first-order chi connectivity index (χ1) is 15.9. The van der Waals surface area contributed by atoms with E-state index in [9.17, 15) is 23.5 Å². The molecule has 0 saturated heterocycles. The third kappa shape index (κ3) is 3.59. The van der Waals surface area contributed by atoms with Crippen LogP contribution in [-0.2, 0) is 6.54 Å². The van der Waals surface area contributed by atoms with Crippen molar-refractivity contribution in [2.75, 3.05) is 26.7 Å². The van der Waals surface area contributed by atoms with E-state index < -0.39 is 23.2 Å². The first kappa shape index (κ1) is 21.3. The number of fused-ring (bicyclic) bond motifs is 4. The number of aromatic nitrogens is 2. The topological polar surface area (TPSA) is 92.4 Å². The summed E-state index contributed by atoms with van der Waals surface area (Å²) in [5.74, 6) is -2.45. The van der Waals surface area contributed by atoms with E-state index in [-0.39, 0.29) is 23.3 Å². The van der Waals surface area contributed by atoms with Gasteiger partial charge in [0, 0.05) is 48.8 Å². The lowest BCUT2D eigenvalue weighted by molar-refractivity contribution is 0.0636. The van der Waals surface area contributed by atoms with Crippen LogP contribution in [0, 0.1) is 11.6 Å². The SMILES string of the molecule is CN(C(=O)c1cc2ccccc2[nH]1)C1CN(CCO)Cc2[nH]c(=O)c3cc(F)c(F)cc3c21. The molecule has 1 aliphatic heterocycles. The number of pyridine rings is 1. The molecule has 0 bridgehead atoms. The quantitative estimate of drug-likeness (QED) is 0.444. The smallest absolute Gasteiger partial charge is 0.270 e. The first-order valence-electron chi connectivity index (χ1n) is 10.6. The maximum absolute atomic E-state index is 14.2. The third-order valence-electron chi connectivity index (χ3n) is 6.30. The number of amides is 1. The molecule has 1 unspecified atom stereocenters. The fraction of sp³-hybridized carbons (Fsp3) is 0.250. The zero-order chi connectivity index (χ0) is 23.3. The molecule has 0 spiro atoms. The van der Waals surface area contributed by atoms with Crippen molar-refractivity contribution in [1.82, 2.24) is 19.8 Å². The number of rotatable bonds is 4. The van der Waals surface area contributed by atoms with Gasteiger partial charge < -0.3 is 20.0 Å². The van der Waals surface area contributed by atoms with E-state index in [1.807, 2.05) is 29.2 Å². The molecule has 2 aromatic carbocycles. The number of likely N-dealkylation sites (N-methyl/N-ethyl adjacent to an activating group) is 1. The Balaban J connectivity index is 1.64. The van der Waals surface area contributed by atoms with Crippen molar-refractivity contribution in [2.24, 2.45) is 0 Å². The maximum Gasteiger partial charge on any atom is 0.270 e. The normalized spacial score (nSPS) is 16.3. The molecule has 1 atom stereocenters. The Labute approximate surface area is 187 Å². The highest BCUT2D eigenvalue weighted by atomic mass is 19.2. The fourth-order valence-corrected chi connectivity index (χ4v) is 4.67. The number of nitrogens with zero attached hydrogens (tertiary/aromatic N) is 2. The molecular weight excluding hydrogens is 430 g/mol. The second-order valence-corrected chi connectivity index (χ2v) is 8.32. The van der Waals surface area contributed by atoms with Crippen LogP contribution in [0.1, 0.15) is 27.8 Å². The molecule has 0 radical (unpaired) electrons. The van der Waals surface area contributed by atoms with Crippen LogP contribution in [0.4, 0.5) is 8.78 Å². The Hall–Kier alpha value is -3.56. The number of benzene rings is 2. The summed E-state index contributed by atoms with van der Waals surface area (Å²) in [4.78, 5) is 35.4. The van der Waals surface area contributed by atoms with Crippen LogP contribution in [-0.4, -0.2) is 57.5 Å². The van der Waals surface area contributed by atoms with Crippen LogP contribution >= 0.6 is 0 Å². The highest BCUT2D eigenvalue weighted by Crippen LogP contribution is 2.35. The van der Waals surface area contributed by atoms with Gasteiger partial charge in [-0.25, -0.2) is 8.78 Å². The van der Waals surface area contributed by atoms with Gasteiger partial charge in [0.15, 0.2) is 11.6 Å². The number of aromatic amines is 2. The number of hydrogen-bond donors (Lipinski definition) is 3. The summed E-state index contributed by atoms with van der Waals surface area (Å²) in [6, 6.07) is 10.6. The minimum Gasteiger partial charge on any atom is -0.395 e. The Morgan fingerprint density at radius 3 is 2.61 bits per heavy atom. The van der Waals surface area contributed by atoms with Crippen LogP contribution in [0.15, 0.2) is 47.3 Å². The molecule has 1 amide bonds. The minimum absolute atomic E-state index is 0.0275. The van der Waals surface area contributed by atoms with Gasteiger partial charge in [-0.2, -0.15) is 0 Å². The standard InChI is InChI=1S/C24H22F2N4O3/c1-29(24(33)19-8-13-4-2-3-5-18(13)27-19)21-12-30(6-7-31)11-20-22(21)14-9-16(25)17(26)10-15(14)23(32)28-20/h2-5,8-10,21,27,31H,6-7,11-12H2,1H3,(H,28,32). The van der Waals surface area contributed by atoms with Gasteiger partial charge in [-0.1, -0.05) is 18.2 Å². The van der Waals surface area contributed by atoms with Gasteiger partial charge in [0.25, 0.3) is 11.5 Å². The van der Waals surface area contributed by atoms with Gasteiger partial charge in [-0.3, -0.25) is 14.5 Å². The molecule has 0 saturated carbocycles. The van der Waals surface area contributed by atoms with Gasteiger partial charge in [-0.15, -0.1) is 0 Å².